The van der Waals surface area contributed by atoms with E-state index >= 15 is 0 Å². The van der Waals surface area contributed by atoms with Crippen LogP contribution < -0.4 is 16.0 Å². The Bertz CT molecular complexity index is 389. The average Bonchev–Trinajstić information content (AvgIpc) is 2.88. The first-order valence-corrected chi connectivity index (χ1v) is 8.89. The molecule has 0 saturated carbocycles. The van der Waals surface area contributed by atoms with Crippen LogP contribution in [-0.4, -0.2) is 61.6 Å². The molecule has 134 valence electrons. The van der Waals surface area contributed by atoms with Gasteiger partial charge in [-0.15, -0.1) is 0 Å². The summed E-state index contributed by atoms with van der Waals surface area (Å²) in [6, 6.07) is 0. The number of nitrogens with one attached hydrogen (secondary N) is 3. The van der Waals surface area contributed by atoms with Gasteiger partial charge in [0.05, 0.1) is 0 Å². The Morgan fingerprint density at radius 2 is 2.00 bits per heavy atom. The maximum atomic E-state index is 11.9. The lowest BCUT2D eigenvalue weighted by Crippen LogP contribution is -2.44. The van der Waals surface area contributed by atoms with Crippen molar-refractivity contribution in [1.29, 1.82) is 0 Å². The summed E-state index contributed by atoms with van der Waals surface area (Å²) in [6.07, 6.45) is 2.45. The highest BCUT2D eigenvalue weighted by molar-refractivity contribution is 5.85. The normalized spacial score (nSPS) is 19.7. The van der Waals surface area contributed by atoms with Crippen LogP contribution in [0.4, 0.5) is 0 Å². The van der Waals surface area contributed by atoms with Gasteiger partial charge in [0.2, 0.25) is 5.91 Å². The number of nitrogens with zero attached hydrogens (tertiary/aromatic N) is 2. The average molecular weight is 326 g/mol. The number of hydrogen-bond donors (Lipinski definition) is 3. The number of carbonyl (C=O) groups is 1. The first-order valence-electron chi connectivity index (χ1n) is 8.89. The van der Waals surface area contributed by atoms with Gasteiger partial charge in [0, 0.05) is 25.2 Å². The largest absolute Gasteiger partial charge is 0.357 e. The number of amides is 1. The summed E-state index contributed by atoms with van der Waals surface area (Å²) in [5.41, 5.74) is -0.217. The second kappa shape index (κ2) is 9.75. The molecule has 1 aliphatic rings. The molecule has 0 aromatic heterocycles. The topological polar surface area (TPSA) is 68.8 Å². The molecule has 0 aromatic carbocycles. The van der Waals surface area contributed by atoms with E-state index in [0.29, 0.717) is 5.92 Å². The molecule has 1 rings (SSSR count). The lowest BCUT2D eigenvalue weighted by molar-refractivity contribution is -0.121. The molecule has 1 fully saturated rings. The highest BCUT2D eigenvalue weighted by Crippen LogP contribution is 2.15. The molecule has 1 saturated heterocycles. The van der Waals surface area contributed by atoms with E-state index in [1.54, 1.807) is 0 Å². The van der Waals surface area contributed by atoms with E-state index < -0.39 is 0 Å². The quantitative estimate of drug-likeness (QED) is 0.486. The first-order chi connectivity index (χ1) is 10.8. The predicted octanol–water partition coefficient (Wildman–Crippen LogP) is 1.19. The fourth-order valence-corrected chi connectivity index (χ4v) is 2.79. The number of carbonyl (C=O) groups excluding carboxylic acids is 1. The van der Waals surface area contributed by atoms with Crippen LogP contribution in [0.5, 0.6) is 0 Å². The van der Waals surface area contributed by atoms with Crippen LogP contribution in [0.15, 0.2) is 4.99 Å². The molecule has 1 heterocycles. The zero-order chi connectivity index (χ0) is 17.3. The van der Waals surface area contributed by atoms with Gasteiger partial charge in [-0.3, -0.25) is 4.79 Å². The van der Waals surface area contributed by atoms with Crippen LogP contribution >= 0.6 is 0 Å². The molecule has 6 heteroatoms. The Labute approximate surface area is 141 Å². The van der Waals surface area contributed by atoms with Gasteiger partial charge in [-0.05, 0) is 59.5 Å². The van der Waals surface area contributed by atoms with Crippen LogP contribution in [0.1, 0.15) is 47.5 Å². The Morgan fingerprint density at radius 1 is 1.26 bits per heavy atom. The Hall–Kier alpha value is -1.30. The minimum absolute atomic E-state index is 0.0512. The van der Waals surface area contributed by atoms with Gasteiger partial charge < -0.3 is 20.9 Å². The molecule has 1 unspecified atom stereocenters. The maximum absolute atomic E-state index is 11.9. The Kier molecular flexibility index (Phi) is 8.37. The number of guanidine groups is 1. The molecule has 0 aromatic rings. The van der Waals surface area contributed by atoms with Crippen molar-refractivity contribution >= 4 is 11.9 Å². The summed E-state index contributed by atoms with van der Waals surface area (Å²) >= 11 is 0. The monoisotopic (exact) mass is 325 g/mol. The van der Waals surface area contributed by atoms with Crippen LogP contribution in [0.25, 0.3) is 0 Å². The molecule has 23 heavy (non-hydrogen) atoms. The second-order valence-electron chi connectivity index (χ2n) is 7.33. The SMILES string of the molecule is CCCN1CCC(CNC(=NCC(=O)NC(C)(C)C)NCC)C1. The zero-order valence-electron chi connectivity index (χ0n) is 15.5. The van der Waals surface area contributed by atoms with Crippen molar-refractivity contribution in [3.8, 4) is 0 Å². The standard InChI is InChI=1S/C17H35N5O/c1-6-9-22-10-8-14(13-22)11-19-16(18-7-2)20-12-15(23)21-17(3,4)5/h14H,6-13H2,1-5H3,(H,21,23)(H2,18,19,20). The predicted molar refractivity (Wildman–Crippen MR) is 96.7 cm³/mol. The van der Waals surface area contributed by atoms with Crippen molar-refractivity contribution < 1.29 is 4.79 Å². The van der Waals surface area contributed by atoms with Gasteiger partial charge in [0.15, 0.2) is 5.96 Å². The summed E-state index contributed by atoms with van der Waals surface area (Å²) in [5.74, 6) is 1.34. The third-order valence-corrected chi connectivity index (χ3v) is 3.71. The van der Waals surface area contributed by atoms with Crippen LogP contribution in [0.2, 0.25) is 0 Å². The molecular formula is C17H35N5O. The van der Waals surface area contributed by atoms with Crippen molar-refractivity contribution in [3.63, 3.8) is 0 Å². The highest BCUT2D eigenvalue weighted by atomic mass is 16.2. The van der Waals surface area contributed by atoms with E-state index in [-0.39, 0.29) is 18.0 Å². The van der Waals surface area contributed by atoms with Crippen LogP contribution in [-0.2, 0) is 4.79 Å². The molecular weight excluding hydrogens is 290 g/mol. The molecule has 0 spiro atoms. The number of likely N-dealkylation sites (tertiary alicyclic amines) is 1. The van der Waals surface area contributed by atoms with Crippen LogP contribution in [0.3, 0.4) is 0 Å². The van der Waals surface area contributed by atoms with Crippen molar-refractivity contribution in [3.05, 3.63) is 0 Å². The molecule has 6 nitrogen and oxygen atoms in total. The Balaban J connectivity index is 2.39. The summed E-state index contributed by atoms with van der Waals surface area (Å²) in [7, 11) is 0. The summed E-state index contributed by atoms with van der Waals surface area (Å²) in [5, 5.41) is 9.51. The van der Waals surface area contributed by atoms with E-state index in [4.69, 9.17) is 0 Å². The van der Waals surface area contributed by atoms with Gasteiger partial charge in [-0.25, -0.2) is 4.99 Å². The van der Waals surface area contributed by atoms with E-state index in [2.05, 4.69) is 32.8 Å². The Morgan fingerprint density at radius 3 is 2.61 bits per heavy atom. The maximum Gasteiger partial charge on any atom is 0.242 e. The van der Waals surface area contributed by atoms with Crippen molar-refractivity contribution in [1.82, 2.24) is 20.9 Å². The van der Waals surface area contributed by atoms with E-state index in [9.17, 15) is 4.79 Å². The van der Waals surface area contributed by atoms with Gasteiger partial charge in [-0.2, -0.15) is 0 Å². The smallest absolute Gasteiger partial charge is 0.242 e. The summed E-state index contributed by atoms with van der Waals surface area (Å²) < 4.78 is 0. The zero-order valence-corrected chi connectivity index (χ0v) is 15.5. The number of aliphatic imine (C=N–C) groups is 1. The van der Waals surface area contributed by atoms with Gasteiger partial charge in [0.1, 0.15) is 6.54 Å². The van der Waals surface area contributed by atoms with Gasteiger partial charge in [-0.1, -0.05) is 6.92 Å². The third kappa shape index (κ3) is 8.79. The van der Waals surface area contributed by atoms with Gasteiger partial charge in [0.25, 0.3) is 0 Å². The molecule has 0 bridgehead atoms. The lowest BCUT2D eigenvalue weighted by Gasteiger charge is -2.20. The molecule has 1 amide bonds. The highest BCUT2D eigenvalue weighted by Gasteiger charge is 2.21. The molecule has 0 aliphatic carbocycles. The van der Waals surface area contributed by atoms with E-state index in [1.807, 2.05) is 27.7 Å². The first kappa shape index (κ1) is 19.7. The van der Waals surface area contributed by atoms with Crippen molar-refractivity contribution in [2.75, 3.05) is 39.3 Å². The lowest BCUT2D eigenvalue weighted by atomic mass is 10.1. The van der Waals surface area contributed by atoms with Crippen LogP contribution in [0, 0.1) is 5.92 Å². The molecule has 0 radical (unpaired) electrons. The minimum Gasteiger partial charge on any atom is -0.357 e. The third-order valence-electron chi connectivity index (χ3n) is 3.71. The second-order valence-corrected chi connectivity index (χ2v) is 7.33. The summed E-state index contributed by atoms with van der Waals surface area (Å²) in [6.45, 7) is 15.6. The minimum atomic E-state index is -0.217. The van der Waals surface area contributed by atoms with E-state index in [1.165, 1.54) is 25.9 Å². The van der Waals surface area contributed by atoms with Gasteiger partial charge >= 0.3 is 0 Å². The fourth-order valence-electron chi connectivity index (χ4n) is 2.79. The molecule has 1 atom stereocenters. The summed E-state index contributed by atoms with van der Waals surface area (Å²) in [4.78, 5) is 18.8. The van der Waals surface area contributed by atoms with Crippen molar-refractivity contribution in [2.24, 2.45) is 10.9 Å². The molecule has 3 N–H and O–H groups in total. The number of hydrogen-bond acceptors (Lipinski definition) is 3. The number of rotatable bonds is 7. The van der Waals surface area contributed by atoms with E-state index in [0.717, 1.165) is 25.6 Å². The molecule has 1 aliphatic heterocycles. The fraction of sp³-hybridized carbons (Fsp3) is 0.882. The van der Waals surface area contributed by atoms with Crippen molar-refractivity contribution in [2.45, 2.75) is 53.0 Å².